The molecule has 1 unspecified atom stereocenters. The molecule has 2 N–H and O–H groups in total. The van der Waals surface area contributed by atoms with E-state index in [0.29, 0.717) is 12.6 Å². The Kier molecular flexibility index (Phi) is 5.58. The van der Waals surface area contributed by atoms with Crippen LogP contribution in [0.25, 0.3) is 0 Å². The first-order valence-corrected chi connectivity index (χ1v) is 6.08. The number of methoxy groups -OCH3 is 1. The van der Waals surface area contributed by atoms with Crippen molar-refractivity contribution in [2.24, 2.45) is 0 Å². The van der Waals surface area contributed by atoms with Crippen molar-refractivity contribution >= 4 is 0 Å². The summed E-state index contributed by atoms with van der Waals surface area (Å²) < 4.78 is 5.23. The SMILES string of the molecule is COCC(C)(CCO)NC1CCCCC1. The normalized spacial score (nSPS) is 22.6. The molecule has 0 bridgehead atoms. The molecule has 3 heteroatoms. The van der Waals surface area contributed by atoms with Crippen molar-refractivity contribution in [3.63, 3.8) is 0 Å². The molecule has 0 aliphatic heterocycles. The Balaban J connectivity index is 2.40. The van der Waals surface area contributed by atoms with Gasteiger partial charge >= 0.3 is 0 Å². The van der Waals surface area contributed by atoms with Crippen LogP contribution in [-0.2, 0) is 4.74 Å². The van der Waals surface area contributed by atoms with Gasteiger partial charge in [0.05, 0.1) is 6.61 Å². The lowest BCUT2D eigenvalue weighted by Gasteiger charge is -2.36. The van der Waals surface area contributed by atoms with E-state index in [-0.39, 0.29) is 12.1 Å². The third kappa shape index (κ3) is 4.49. The second-order valence-corrected chi connectivity index (χ2v) is 4.95. The van der Waals surface area contributed by atoms with Crippen LogP contribution in [0.4, 0.5) is 0 Å². The molecule has 1 aliphatic rings. The first kappa shape index (κ1) is 12.9. The maximum Gasteiger partial charge on any atom is 0.0642 e. The molecule has 0 amide bonds. The Morgan fingerprint density at radius 1 is 1.33 bits per heavy atom. The number of aliphatic hydroxyl groups excluding tert-OH is 1. The van der Waals surface area contributed by atoms with E-state index in [4.69, 9.17) is 9.84 Å². The summed E-state index contributed by atoms with van der Waals surface area (Å²) >= 11 is 0. The summed E-state index contributed by atoms with van der Waals surface area (Å²) in [6.07, 6.45) is 7.34. The fraction of sp³-hybridized carbons (Fsp3) is 1.00. The second-order valence-electron chi connectivity index (χ2n) is 4.95. The number of hydrogen-bond acceptors (Lipinski definition) is 3. The van der Waals surface area contributed by atoms with Gasteiger partial charge < -0.3 is 15.2 Å². The van der Waals surface area contributed by atoms with E-state index in [1.54, 1.807) is 7.11 Å². The summed E-state index contributed by atoms with van der Waals surface area (Å²) in [6.45, 7) is 3.03. The highest BCUT2D eigenvalue weighted by molar-refractivity contribution is 4.87. The van der Waals surface area contributed by atoms with Crippen LogP contribution in [0.2, 0.25) is 0 Å². The van der Waals surface area contributed by atoms with Gasteiger partial charge in [-0.25, -0.2) is 0 Å². The molecule has 1 fully saturated rings. The van der Waals surface area contributed by atoms with Crippen molar-refractivity contribution in [3.05, 3.63) is 0 Å². The minimum Gasteiger partial charge on any atom is -0.396 e. The van der Waals surface area contributed by atoms with Gasteiger partial charge in [-0.2, -0.15) is 0 Å². The second kappa shape index (κ2) is 6.46. The van der Waals surface area contributed by atoms with Gasteiger partial charge in [0.1, 0.15) is 0 Å². The van der Waals surface area contributed by atoms with Gasteiger partial charge in [0.15, 0.2) is 0 Å². The summed E-state index contributed by atoms with van der Waals surface area (Å²) in [5.41, 5.74) is -0.0640. The largest absolute Gasteiger partial charge is 0.396 e. The fourth-order valence-electron chi connectivity index (χ4n) is 2.49. The summed E-state index contributed by atoms with van der Waals surface area (Å²) in [6, 6.07) is 0.616. The van der Waals surface area contributed by atoms with E-state index in [1.807, 2.05) is 0 Å². The van der Waals surface area contributed by atoms with Crippen molar-refractivity contribution in [2.45, 2.75) is 57.0 Å². The Bertz CT molecular complexity index is 161. The minimum absolute atomic E-state index is 0.0640. The van der Waals surface area contributed by atoms with Gasteiger partial charge in [0.2, 0.25) is 0 Å². The van der Waals surface area contributed by atoms with Gasteiger partial charge in [0, 0.05) is 25.3 Å². The highest BCUT2D eigenvalue weighted by Gasteiger charge is 2.27. The zero-order valence-corrected chi connectivity index (χ0v) is 10.1. The molecule has 1 rings (SSSR count). The number of aliphatic hydroxyl groups is 1. The Hall–Kier alpha value is -0.120. The molecule has 0 aromatic heterocycles. The van der Waals surface area contributed by atoms with E-state index in [0.717, 1.165) is 6.42 Å². The first-order valence-electron chi connectivity index (χ1n) is 6.08. The molecule has 0 aromatic carbocycles. The van der Waals surface area contributed by atoms with Crippen molar-refractivity contribution < 1.29 is 9.84 Å². The number of hydrogen-bond donors (Lipinski definition) is 2. The highest BCUT2D eigenvalue weighted by atomic mass is 16.5. The lowest BCUT2D eigenvalue weighted by molar-refractivity contribution is 0.0853. The summed E-state index contributed by atoms with van der Waals surface area (Å²) in [5, 5.41) is 12.7. The van der Waals surface area contributed by atoms with E-state index >= 15 is 0 Å². The highest BCUT2D eigenvalue weighted by Crippen LogP contribution is 2.21. The zero-order valence-electron chi connectivity index (χ0n) is 10.1. The van der Waals surface area contributed by atoms with Gasteiger partial charge in [-0.3, -0.25) is 0 Å². The molecule has 90 valence electrons. The van der Waals surface area contributed by atoms with E-state index in [2.05, 4.69) is 12.2 Å². The van der Waals surface area contributed by atoms with Crippen molar-refractivity contribution in [1.29, 1.82) is 0 Å². The van der Waals surface area contributed by atoms with Crippen LogP contribution < -0.4 is 5.32 Å². The molecule has 0 saturated heterocycles. The number of ether oxygens (including phenoxy) is 1. The maximum absolute atomic E-state index is 9.06. The van der Waals surface area contributed by atoms with Crippen molar-refractivity contribution in [3.8, 4) is 0 Å². The monoisotopic (exact) mass is 215 g/mol. The molecule has 0 spiro atoms. The van der Waals surface area contributed by atoms with Crippen LogP contribution in [0.15, 0.2) is 0 Å². The molecule has 15 heavy (non-hydrogen) atoms. The topological polar surface area (TPSA) is 41.5 Å². The Labute approximate surface area is 93.2 Å². The van der Waals surface area contributed by atoms with Gasteiger partial charge in [-0.15, -0.1) is 0 Å². The fourth-order valence-corrected chi connectivity index (χ4v) is 2.49. The lowest BCUT2D eigenvalue weighted by Crippen LogP contribution is -2.52. The predicted octanol–water partition coefficient (Wildman–Crippen LogP) is 1.70. The van der Waals surface area contributed by atoms with E-state index in [9.17, 15) is 0 Å². The molecule has 1 saturated carbocycles. The Morgan fingerprint density at radius 2 is 2.00 bits per heavy atom. The Morgan fingerprint density at radius 3 is 2.53 bits per heavy atom. The quantitative estimate of drug-likeness (QED) is 0.708. The third-order valence-electron chi connectivity index (χ3n) is 3.28. The average molecular weight is 215 g/mol. The van der Waals surface area contributed by atoms with Crippen LogP contribution in [0.3, 0.4) is 0 Å². The van der Waals surface area contributed by atoms with Crippen LogP contribution in [0.5, 0.6) is 0 Å². The van der Waals surface area contributed by atoms with Crippen LogP contribution in [0.1, 0.15) is 45.4 Å². The molecule has 1 aliphatic carbocycles. The smallest absolute Gasteiger partial charge is 0.0642 e. The minimum atomic E-state index is -0.0640. The standard InChI is InChI=1S/C12H25NO2/c1-12(8-9-14,10-15-2)13-11-6-4-3-5-7-11/h11,13-14H,3-10H2,1-2H3. The summed E-state index contributed by atoms with van der Waals surface area (Å²) in [5.74, 6) is 0. The van der Waals surface area contributed by atoms with Gasteiger partial charge in [-0.1, -0.05) is 19.3 Å². The van der Waals surface area contributed by atoms with Crippen LogP contribution in [-0.4, -0.2) is 37.0 Å². The first-order chi connectivity index (χ1) is 7.20. The molecule has 0 heterocycles. The van der Waals surface area contributed by atoms with Crippen LogP contribution >= 0.6 is 0 Å². The molecule has 1 atom stereocenters. The van der Waals surface area contributed by atoms with Gasteiger partial charge in [-0.05, 0) is 26.2 Å². The zero-order chi connectivity index (χ0) is 11.1. The maximum atomic E-state index is 9.06. The average Bonchev–Trinajstić information content (AvgIpc) is 2.19. The molecular formula is C12H25NO2. The van der Waals surface area contributed by atoms with Crippen LogP contribution in [0, 0.1) is 0 Å². The molecule has 3 nitrogen and oxygen atoms in total. The van der Waals surface area contributed by atoms with Crippen molar-refractivity contribution in [2.75, 3.05) is 20.3 Å². The van der Waals surface area contributed by atoms with Gasteiger partial charge in [0.25, 0.3) is 0 Å². The molecule has 0 radical (unpaired) electrons. The molecule has 0 aromatic rings. The number of rotatable bonds is 6. The summed E-state index contributed by atoms with van der Waals surface area (Å²) in [7, 11) is 1.72. The third-order valence-corrected chi connectivity index (χ3v) is 3.28. The van der Waals surface area contributed by atoms with Crippen molar-refractivity contribution in [1.82, 2.24) is 5.32 Å². The van der Waals surface area contributed by atoms with E-state index < -0.39 is 0 Å². The predicted molar refractivity (Wildman–Crippen MR) is 62.0 cm³/mol. The summed E-state index contributed by atoms with van der Waals surface area (Å²) in [4.78, 5) is 0. The number of nitrogens with one attached hydrogen (secondary N) is 1. The van der Waals surface area contributed by atoms with E-state index in [1.165, 1.54) is 32.1 Å². The molecular weight excluding hydrogens is 190 g/mol. The lowest BCUT2D eigenvalue weighted by atomic mass is 9.91.